The van der Waals surface area contributed by atoms with Gasteiger partial charge in [0.15, 0.2) is 0 Å². The second-order valence-corrected chi connectivity index (χ2v) is 27.0. The van der Waals surface area contributed by atoms with Crippen LogP contribution in [0.1, 0.15) is 171 Å². The summed E-state index contributed by atoms with van der Waals surface area (Å²) in [5, 5.41) is 71.3. The fraction of sp³-hybridized carbons (Fsp3) is 0.708. The van der Waals surface area contributed by atoms with E-state index in [1.165, 1.54) is 20.8 Å². The summed E-state index contributed by atoms with van der Waals surface area (Å²) < 4.78 is 0. The monoisotopic (exact) mass is 1530 g/mol. The molecule has 15 amide bonds. The smallest absolute Gasteiger partial charge is 0.303 e. The number of nitrogens with one attached hydrogen (secondary N) is 14. The third-order valence-corrected chi connectivity index (χ3v) is 16.0. The van der Waals surface area contributed by atoms with Crippen molar-refractivity contribution < 1.29 is 112 Å². The fourth-order valence-electron chi connectivity index (χ4n) is 10.0. The van der Waals surface area contributed by atoms with Gasteiger partial charge >= 0.3 is 23.9 Å². The topological polar surface area (TPSA) is 652 Å². The van der Waals surface area contributed by atoms with Crippen molar-refractivity contribution in [3.05, 3.63) is 0 Å². The minimum Gasteiger partial charge on any atom is -0.481 e. The molecule has 0 aliphatic heterocycles. The van der Waals surface area contributed by atoms with Crippen molar-refractivity contribution in [3.8, 4) is 0 Å². The number of thiol groups is 1. The Morgan fingerprint density at radius 2 is 0.575 bits per heavy atom. The number of amides is 15. The Morgan fingerprint density at radius 1 is 0.311 bits per heavy atom. The Bertz CT molecular complexity index is 3030. The van der Waals surface area contributed by atoms with Gasteiger partial charge in [-0.25, -0.2) is 0 Å². The molecule has 12 atom stereocenters. The molecule has 0 heterocycles. The normalized spacial score (nSPS) is 14.4. The lowest BCUT2D eigenvalue weighted by molar-refractivity contribution is -0.139. The summed E-state index contributed by atoms with van der Waals surface area (Å²) in [6, 6.07) is -17.6. The quantitative estimate of drug-likeness (QED) is 0.0199. The van der Waals surface area contributed by atoms with Crippen molar-refractivity contribution in [1.29, 1.82) is 0 Å². The maximum atomic E-state index is 14.4. The first kappa shape index (κ1) is 96.2. The molecule has 0 aromatic heterocycles. The number of hydrogen-bond acceptors (Lipinski definition) is 22. The van der Waals surface area contributed by atoms with E-state index in [4.69, 9.17) is 17.2 Å². The van der Waals surface area contributed by atoms with E-state index < -0.39 is 249 Å². The Hall–Kier alpha value is -9.80. The second kappa shape index (κ2) is 51.4. The third kappa shape index (κ3) is 41.6. The highest BCUT2D eigenvalue weighted by molar-refractivity contribution is 7.80. The van der Waals surface area contributed by atoms with E-state index in [2.05, 4.69) is 87.1 Å². The van der Waals surface area contributed by atoms with Gasteiger partial charge in [0, 0.05) is 38.4 Å². The molecule has 0 rings (SSSR count). The van der Waals surface area contributed by atoms with Gasteiger partial charge in [0.05, 0.1) is 13.1 Å². The highest BCUT2D eigenvalue weighted by Gasteiger charge is 2.36. The van der Waals surface area contributed by atoms with Gasteiger partial charge in [0.25, 0.3) is 0 Å². The van der Waals surface area contributed by atoms with Crippen molar-refractivity contribution in [3.63, 3.8) is 0 Å². The summed E-state index contributed by atoms with van der Waals surface area (Å²) in [6.45, 7) is 12.4. The molecule has 0 aliphatic rings. The van der Waals surface area contributed by atoms with Crippen LogP contribution in [0.4, 0.5) is 0 Å². The van der Waals surface area contributed by atoms with Gasteiger partial charge in [0.2, 0.25) is 88.6 Å². The van der Waals surface area contributed by atoms with Crippen LogP contribution in [0.15, 0.2) is 0 Å². The van der Waals surface area contributed by atoms with E-state index in [0.29, 0.717) is 25.8 Å². The zero-order valence-electron chi connectivity index (χ0n) is 61.4. The summed E-state index contributed by atoms with van der Waals surface area (Å²) >= 11 is 4.13. The van der Waals surface area contributed by atoms with Crippen molar-refractivity contribution in [2.45, 2.75) is 244 Å². The first-order chi connectivity index (χ1) is 49.5. The van der Waals surface area contributed by atoms with Crippen LogP contribution in [-0.2, 0) is 91.1 Å². The maximum Gasteiger partial charge on any atom is 0.303 e. The minimum absolute atomic E-state index is 0.107. The van der Waals surface area contributed by atoms with Gasteiger partial charge in [-0.3, -0.25) is 91.1 Å². The second-order valence-electron chi connectivity index (χ2n) is 26.6. The molecule has 0 radical (unpaired) electrons. The molecule has 0 aromatic rings. The van der Waals surface area contributed by atoms with Crippen LogP contribution in [-0.4, -0.2) is 237 Å². The van der Waals surface area contributed by atoms with Crippen molar-refractivity contribution >= 4 is 125 Å². The zero-order chi connectivity index (χ0) is 81.1. The van der Waals surface area contributed by atoms with Crippen molar-refractivity contribution in [2.24, 2.45) is 35.0 Å². The van der Waals surface area contributed by atoms with Crippen LogP contribution < -0.4 is 91.6 Å². The molecular formula is C65H111N17O23S. The molecule has 106 heavy (non-hydrogen) atoms. The van der Waals surface area contributed by atoms with Crippen LogP contribution >= 0.6 is 12.6 Å². The number of carboxylic acid groups (broad SMARTS) is 4. The van der Waals surface area contributed by atoms with Crippen LogP contribution in [0.25, 0.3) is 0 Å². The predicted octanol–water partition coefficient (Wildman–Crippen LogP) is -5.63. The van der Waals surface area contributed by atoms with E-state index in [1.807, 2.05) is 0 Å². The number of primary amides is 1. The lowest BCUT2D eigenvalue weighted by atomic mass is 9.99. The van der Waals surface area contributed by atoms with Crippen molar-refractivity contribution in [2.75, 3.05) is 31.9 Å². The van der Waals surface area contributed by atoms with Crippen LogP contribution in [0.2, 0.25) is 0 Å². The first-order valence-corrected chi connectivity index (χ1v) is 35.5. The van der Waals surface area contributed by atoms with Gasteiger partial charge in [-0.05, 0) is 128 Å². The van der Waals surface area contributed by atoms with Gasteiger partial charge in [0.1, 0.15) is 72.5 Å². The molecule has 0 fully saturated rings. The number of carbonyl (C=O) groups is 19. The van der Waals surface area contributed by atoms with Gasteiger partial charge < -0.3 is 112 Å². The molecule has 600 valence electrons. The van der Waals surface area contributed by atoms with Gasteiger partial charge in [-0.2, -0.15) is 12.6 Å². The summed E-state index contributed by atoms with van der Waals surface area (Å²) in [5.74, 6) is -21.1. The van der Waals surface area contributed by atoms with Crippen molar-refractivity contribution in [1.82, 2.24) is 74.4 Å². The molecule has 0 saturated heterocycles. The van der Waals surface area contributed by atoms with Crippen LogP contribution in [0, 0.1) is 17.8 Å². The molecule has 0 saturated carbocycles. The molecule has 24 N–H and O–H groups in total. The number of rotatable bonds is 55. The molecule has 0 unspecified atom stereocenters. The lowest BCUT2D eigenvalue weighted by Gasteiger charge is -2.28. The molecule has 41 heteroatoms. The van der Waals surface area contributed by atoms with Gasteiger partial charge in [-0.1, -0.05) is 41.5 Å². The van der Waals surface area contributed by atoms with Crippen LogP contribution in [0.3, 0.4) is 0 Å². The summed E-state index contributed by atoms with van der Waals surface area (Å²) in [6.07, 6.45) is -3.40. The predicted molar refractivity (Wildman–Crippen MR) is 381 cm³/mol. The largest absolute Gasteiger partial charge is 0.481 e. The summed E-state index contributed by atoms with van der Waals surface area (Å²) in [5.41, 5.74) is 16.7. The SMILES string of the molecule is CC(=O)N[C@@H](CCCCN)C(=O)N[C@@H](CS)C(=O)N[C@@H](C)C(=O)N[C@@H](CCC(=O)O)C(=O)NCC(=O)N[C@@H](CCC(=O)O)C(=O)N[C@@H](CC(C)C)C(=O)N[C@@H](CCCCN)C(=O)N[C@@H](CC(C)C)C(=O)N[C@@H](CCC(=O)O)C(=O)N[C@@H](C)C(=O)NCC(=O)N[C@@H](CCC(=O)O)C(=O)N[C@@H](CC(C)C)C(N)=O. The number of carbonyl (C=O) groups excluding carboxylic acids is 15. The first-order valence-electron chi connectivity index (χ1n) is 34.9. The number of nitrogens with two attached hydrogens (primary N) is 3. The molecule has 0 aromatic carbocycles. The molecule has 0 aliphatic carbocycles. The van der Waals surface area contributed by atoms with Gasteiger partial charge in [-0.15, -0.1) is 0 Å². The number of carboxylic acids is 4. The molecule has 40 nitrogen and oxygen atoms in total. The lowest BCUT2D eigenvalue weighted by Crippen LogP contribution is -2.60. The highest BCUT2D eigenvalue weighted by atomic mass is 32.1. The molecule has 0 spiro atoms. The molecule has 0 bridgehead atoms. The summed E-state index contributed by atoms with van der Waals surface area (Å²) in [4.78, 5) is 247. The Morgan fingerprint density at radius 3 is 0.915 bits per heavy atom. The van der Waals surface area contributed by atoms with E-state index in [-0.39, 0.29) is 68.6 Å². The van der Waals surface area contributed by atoms with E-state index in [0.717, 1.165) is 0 Å². The standard InChI is InChI=1S/C65H111N17O23S/c1-32(2)26-44(54(68)94)79-61(101)41(17-21-51(88)89)74-48(84)29-69-55(95)35(7)71-58(98)43(19-23-53(92)93)78-64(104)46(28-34(5)6)80-60(100)39(15-11-13-25-67)77-63(103)45(27-33(3)4)81-62(102)42(18-22-52(90)91)75-49(85)30-70-57(97)40(16-20-50(86)87)76-56(96)36(8)72-65(105)47(31-106)82-59(99)38(73-37(9)83)14-10-12-24-66/h32-36,38-47,106H,10-31,66-67H2,1-9H3,(H2,68,94)(H,69,95)(H,70,97)(H,71,98)(H,72,105)(H,73,83)(H,74,84)(H,75,85)(H,76,96)(H,77,103)(H,78,104)(H,79,101)(H,80,100)(H,81,102)(H,82,99)(H,86,87)(H,88,89)(H,90,91)(H,92,93)/t35-,36-,38-,39-,40-,41-,42-,43-,44-,45-,46-,47-/m0/s1. The average molecular weight is 1530 g/mol. The Kier molecular flexibility index (Phi) is 46.6. The Balaban J connectivity index is 6.60. The van der Waals surface area contributed by atoms with E-state index in [1.54, 1.807) is 41.5 Å². The number of aliphatic carboxylic acids is 4. The number of hydrogen-bond donors (Lipinski definition) is 22. The minimum atomic E-state index is -1.73. The summed E-state index contributed by atoms with van der Waals surface area (Å²) in [7, 11) is 0. The van der Waals surface area contributed by atoms with E-state index >= 15 is 0 Å². The zero-order valence-corrected chi connectivity index (χ0v) is 62.3. The third-order valence-electron chi connectivity index (χ3n) is 15.6. The number of unbranched alkanes of at least 4 members (excludes halogenated alkanes) is 2. The Labute approximate surface area is 619 Å². The van der Waals surface area contributed by atoms with E-state index in [9.17, 15) is 112 Å². The maximum absolute atomic E-state index is 14.4. The average Bonchev–Trinajstić information content (AvgIpc) is 0.859. The fourth-order valence-corrected chi connectivity index (χ4v) is 10.3. The molecular weight excluding hydrogens is 1420 g/mol. The highest BCUT2D eigenvalue weighted by Crippen LogP contribution is 2.14. The van der Waals surface area contributed by atoms with Crippen LogP contribution in [0.5, 0.6) is 0 Å².